The van der Waals surface area contributed by atoms with Crippen molar-refractivity contribution in [1.29, 1.82) is 0 Å². The predicted octanol–water partition coefficient (Wildman–Crippen LogP) is 2.51. The normalized spacial score (nSPS) is 14.9. The number of aromatic nitrogens is 2. The molecular formula is C22H27N5O2. The highest BCUT2D eigenvalue weighted by Gasteiger charge is 2.12. The molecule has 1 saturated heterocycles. The van der Waals surface area contributed by atoms with Crippen molar-refractivity contribution >= 4 is 22.5 Å². The number of amides is 1. The number of nitrogens with one attached hydrogen (secondary N) is 3. The number of morpholine rings is 1. The Hall–Kier alpha value is -2.74. The lowest BCUT2D eigenvalue weighted by atomic mass is 10.1. The number of nitrogens with zero attached hydrogens (tertiary/aromatic N) is 2. The first-order valence-electron chi connectivity index (χ1n) is 10.1. The van der Waals surface area contributed by atoms with Crippen molar-refractivity contribution < 1.29 is 9.53 Å². The van der Waals surface area contributed by atoms with E-state index >= 15 is 0 Å². The molecule has 1 aliphatic rings. The second-order valence-electron chi connectivity index (χ2n) is 7.35. The molecule has 7 nitrogen and oxygen atoms in total. The van der Waals surface area contributed by atoms with E-state index in [2.05, 4.69) is 50.0 Å². The van der Waals surface area contributed by atoms with Crippen molar-refractivity contribution in [3.8, 4) is 0 Å². The molecule has 0 saturated carbocycles. The molecule has 7 heteroatoms. The van der Waals surface area contributed by atoms with Gasteiger partial charge in [-0.1, -0.05) is 24.3 Å². The van der Waals surface area contributed by atoms with Gasteiger partial charge >= 0.3 is 0 Å². The quantitative estimate of drug-likeness (QED) is 0.548. The van der Waals surface area contributed by atoms with Gasteiger partial charge < -0.3 is 15.4 Å². The summed E-state index contributed by atoms with van der Waals surface area (Å²) in [4.78, 5) is 14.5. The summed E-state index contributed by atoms with van der Waals surface area (Å²) in [5.41, 5.74) is 4.23. The smallest absolute Gasteiger partial charge is 0.225 e. The highest BCUT2D eigenvalue weighted by atomic mass is 16.5. The molecule has 29 heavy (non-hydrogen) atoms. The van der Waals surface area contributed by atoms with Gasteiger partial charge in [0.15, 0.2) is 0 Å². The third-order valence-corrected chi connectivity index (χ3v) is 5.13. The fraction of sp³-hybridized carbons (Fsp3) is 0.364. The monoisotopic (exact) mass is 393 g/mol. The number of carbonyl (C=O) groups excluding carboxylic acids is 1. The predicted molar refractivity (Wildman–Crippen MR) is 114 cm³/mol. The number of H-pyrrole nitrogens is 1. The minimum Gasteiger partial charge on any atom is -0.379 e. The van der Waals surface area contributed by atoms with Gasteiger partial charge in [-0.3, -0.25) is 14.8 Å². The first kappa shape index (κ1) is 19.6. The van der Waals surface area contributed by atoms with Gasteiger partial charge in [-0.05, 0) is 29.3 Å². The minimum absolute atomic E-state index is 0.0504. The molecule has 3 N–H and O–H groups in total. The van der Waals surface area contributed by atoms with Crippen LogP contribution in [-0.4, -0.2) is 53.9 Å². The zero-order chi connectivity index (χ0) is 19.9. The average molecular weight is 393 g/mol. The van der Waals surface area contributed by atoms with Crippen LogP contribution in [0.15, 0.2) is 48.7 Å². The lowest BCUT2D eigenvalue weighted by Gasteiger charge is -2.26. The molecule has 0 atom stereocenters. The summed E-state index contributed by atoms with van der Waals surface area (Å²) >= 11 is 0. The minimum atomic E-state index is 0.0504. The molecule has 0 spiro atoms. The lowest BCUT2D eigenvalue weighted by Crippen LogP contribution is -2.38. The van der Waals surface area contributed by atoms with Gasteiger partial charge in [0.1, 0.15) is 0 Å². The number of aromatic amines is 1. The third-order valence-electron chi connectivity index (χ3n) is 5.13. The molecule has 1 aromatic heterocycles. The van der Waals surface area contributed by atoms with Crippen LogP contribution in [0.4, 0.5) is 5.69 Å². The summed E-state index contributed by atoms with van der Waals surface area (Å²) in [7, 11) is 0. The Kier molecular flexibility index (Phi) is 6.51. The van der Waals surface area contributed by atoms with Gasteiger partial charge in [0, 0.05) is 50.2 Å². The second-order valence-corrected chi connectivity index (χ2v) is 7.35. The van der Waals surface area contributed by atoms with Crippen LogP contribution >= 0.6 is 0 Å². The Bertz CT molecular complexity index is 949. The van der Waals surface area contributed by atoms with Crippen LogP contribution in [0, 0.1) is 0 Å². The van der Waals surface area contributed by atoms with E-state index in [0.29, 0.717) is 6.42 Å². The van der Waals surface area contributed by atoms with Gasteiger partial charge in [-0.2, -0.15) is 5.10 Å². The highest BCUT2D eigenvalue weighted by molar-refractivity contribution is 5.90. The van der Waals surface area contributed by atoms with Crippen LogP contribution < -0.4 is 10.6 Å². The molecule has 152 valence electrons. The van der Waals surface area contributed by atoms with E-state index in [1.807, 2.05) is 24.4 Å². The van der Waals surface area contributed by atoms with E-state index in [0.717, 1.165) is 68.1 Å². The van der Waals surface area contributed by atoms with Crippen molar-refractivity contribution in [3.05, 3.63) is 59.8 Å². The Morgan fingerprint density at radius 3 is 2.79 bits per heavy atom. The Labute approximate surface area is 170 Å². The third kappa shape index (κ3) is 5.63. The van der Waals surface area contributed by atoms with E-state index in [-0.39, 0.29) is 5.91 Å². The maximum absolute atomic E-state index is 12.3. The average Bonchev–Trinajstić information content (AvgIpc) is 3.21. The van der Waals surface area contributed by atoms with Gasteiger partial charge in [0.05, 0.1) is 24.9 Å². The van der Waals surface area contributed by atoms with E-state index in [9.17, 15) is 4.79 Å². The molecule has 0 unspecified atom stereocenters. The van der Waals surface area contributed by atoms with Crippen LogP contribution in [0.5, 0.6) is 0 Å². The van der Waals surface area contributed by atoms with E-state index in [4.69, 9.17) is 4.74 Å². The summed E-state index contributed by atoms with van der Waals surface area (Å²) in [5.74, 6) is 0.0504. The zero-order valence-corrected chi connectivity index (χ0v) is 16.5. The largest absolute Gasteiger partial charge is 0.379 e. The summed E-state index contributed by atoms with van der Waals surface area (Å²) in [6.07, 6.45) is 2.33. The van der Waals surface area contributed by atoms with Crippen molar-refractivity contribution in [2.45, 2.75) is 19.5 Å². The van der Waals surface area contributed by atoms with Gasteiger partial charge in [0.2, 0.25) is 5.91 Å². The molecule has 4 rings (SSSR count). The lowest BCUT2D eigenvalue weighted by molar-refractivity contribution is -0.116. The summed E-state index contributed by atoms with van der Waals surface area (Å²) in [5, 5.41) is 14.6. The van der Waals surface area contributed by atoms with E-state index in [1.54, 1.807) is 0 Å². The first-order valence-corrected chi connectivity index (χ1v) is 10.1. The van der Waals surface area contributed by atoms with Crippen molar-refractivity contribution in [2.24, 2.45) is 0 Å². The maximum atomic E-state index is 12.3. The second kappa shape index (κ2) is 9.65. The van der Waals surface area contributed by atoms with E-state index in [1.165, 1.54) is 5.56 Å². The molecule has 0 aliphatic carbocycles. The molecule has 0 radical (unpaired) electrons. The maximum Gasteiger partial charge on any atom is 0.225 e. The summed E-state index contributed by atoms with van der Waals surface area (Å²) in [6.45, 7) is 5.60. The number of anilines is 1. The number of benzene rings is 2. The van der Waals surface area contributed by atoms with E-state index < -0.39 is 0 Å². The Morgan fingerprint density at radius 2 is 1.93 bits per heavy atom. The zero-order valence-electron chi connectivity index (χ0n) is 16.5. The molecule has 2 aromatic carbocycles. The summed E-state index contributed by atoms with van der Waals surface area (Å²) < 4.78 is 5.34. The van der Waals surface area contributed by atoms with Crippen LogP contribution in [0.25, 0.3) is 10.9 Å². The Balaban J connectivity index is 1.23. The number of carbonyl (C=O) groups is 1. The van der Waals surface area contributed by atoms with Crippen LogP contribution in [0.1, 0.15) is 17.5 Å². The number of fused-ring (bicyclic) bond motifs is 1. The molecule has 2 heterocycles. The van der Waals surface area contributed by atoms with Gasteiger partial charge in [-0.25, -0.2) is 0 Å². The fourth-order valence-corrected chi connectivity index (χ4v) is 3.51. The molecule has 3 aromatic rings. The van der Waals surface area contributed by atoms with Gasteiger partial charge in [0.25, 0.3) is 0 Å². The molecule has 1 fully saturated rings. The molecular weight excluding hydrogens is 366 g/mol. The summed E-state index contributed by atoms with van der Waals surface area (Å²) in [6, 6.07) is 14.3. The number of hydrogen-bond donors (Lipinski definition) is 3. The number of hydrogen-bond acceptors (Lipinski definition) is 5. The van der Waals surface area contributed by atoms with Gasteiger partial charge in [-0.15, -0.1) is 0 Å². The Morgan fingerprint density at radius 1 is 1.10 bits per heavy atom. The molecule has 1 amide bonds. The first-order chi connectivity index (χ1) is 14.3. The molecule has 1 aliphatic heterocycles. The fourth-order valence-electron chi connectivity index (χ4n) is 3.51. The van der Waals surface area contributed by atoms with Crippen LogP contribution in [-0.2, 0) is 22.6 Å². The van der Waals surface area contributed by atoms with Crippen LogP contribution in [0.3, 0.4) is 0 Å². The number of rotatable bonds is 8. The highest BCUT2D eigenvalue weighted by Crippen LogP contribution is 2.14. The van der Waals surface area contributed by atoms with Crippen molar-refractivity contribution in [3.63, 3.8) is 0 Å². The van der Waals surface area contributed by atoms with Crippen LogP contribution in [0.2, 0.25) is 0 Å². The van der Waals surface area contributed by atoms with Crippen molar-refractivity contribution in [2.75, 3.05) is 38.2 Å². The standard InChI is InChI=1S/C22H27N5O2/c28-22(6-7-27-8-10-29-11-9-27)25-20-3-1-2-17(12-20)14-23-15-18-4-5-19-16-24-26-21(19)13-18/h1-5,12-13,16,23H,6-11,14-15H2,(H,24,26)(H,25,28). The number of ether oxygens (including phenoxy) is 1. The topological polar surface area (TPSA) is 82.3 Å². The SMILES string of the molecule is O=C(CCN1CCOCC1)Nc1cccc(CNCc2ccc3cn[nH]c3c2)c1. The molecule has 0 bridgehead atoms. The van der Waals surface area contributed by atoms with Crippen molar-refractivity contribution in [1.82, 2.24) is 20.4 Å².